The largest absolute Gasteiger partial charge is 2.00 e. The van der Waals surface area contributed by atoms with Crippen molar-refractivity contribution in [3.63, 3.8) is 0 Å². The molecule has 2 atom stereocenters. The smallest absolute Gasteiger partial charge is 0.550 e. The molecule has 1 aliphatic heterocycles. The molecular formula is C20H31CaN7O12. The Bertz CT molecular complexity index is 1170. The quantitative estimate of drug-likeness (QED) is 0.126. The van der Waals surface area contributed by atoms with E-state index in [-0.39, 0.29) is 101 Å². The Morgan fingerprint density at radius 2 is 1.73 bits per heavy atom. The molecule has 0 aliphatic carbocycles. The van der Waals surface area contributed by atoms with Crippen LogP contribution < -0.4 is 42.4 Å². The molecule has 0 radical (unpaired) electrons. The Morgan fingerprint density at radius 3 is 2.25 bits per heavy atom. The summed E-state index contributed by atoms with van der Waals surface area (Å²) in [6, 6.07) is 4.08. The first-order valence-corrected chi connectivity index (χ1v) is 10.1. The minimum atomic E-state index is -1.60. The maximum atomic E-state index is 12.3. The van der Waals surface area contributed by atoms with Gasteiger partial charge in [-0.3, -0.25) is 19.4 Å². The summed E-state index contributed by atoms with van der Waals surface area (Å²) in [6.45, 7) is 0.544. The number of H-pyrrole nitrogens is 1. The number of benzene rings is 1. The first kappa shape index (κ1) is 43.5. The van der Waals surface area contributed by atoms with Crippen molar-refractivity contribution in [1.82, 2.24) is 15.3 Å². The van der Waals surface area contributed by atoms with Crippen molar-refractivity contribution in [3.8, 4) is 0 Å². The number of nitrogen functional groups attached to an aromatic ring is 1. The van der Waals surface area contributed by atoms with Crippen molar-refractivity contribution < 1.29 is 56.8 Å². The molecule has 19 nitrogen and oxygen atoms in total. The summed E-state index contributed by atoms with van der Waals surface area (Å²) >= 11 is 0. The van der Waals surface area contributed by atoms with Crippen molar-refractivity contribution in [2.75, 3.05) is 34.4 Å². The third kappa shape index (κ3) is 10.9. The average molecular weight is 602 g/mol. The number of fused-ring (bicyclic) bond motifs is 1. The number of hydrogen-bond acceptors (Lipinski definition) is 11. The van der Waals surface area contributed by atoms with E-state index < -0.39 is 41.9 Å². The van der Waals surface area contributed by atoms with Gasteiger partial charge in [0, 0.05) is 30.3 Å². The van der Waals surface area contributed by atoms with Gasteiger partial charge in [0.05, 0.1) is 18.1 Å². The molecular weight excluding hydrogens is 570 g/mol. The molecule has 40 heavy (non-hydrogen) atoms. The number of amides is 2. The van der Waals surface area contributed by atoms with E-state index in [4.69, 9.17) is 5.73 Å². The molecule has 20 heteroatoms. The van der Waals surface area contributed by atoms with Gasteiger partial charge in [-0.1, -0.05) is 0 Å². The monoisotopic (exact) mass is 601 g/mol. The Balaban J connectivity index is -0.00000108. The van der Waals surface area contributed by atoms with Crippen LogP contribution in [0.4, 0.5) is 23.1 Å². The third-order valence-corrected chi connectivity index (χ3v) is 5.10. The van der Waals surface area contributed by atoms with Crippen LogP contribution in [0, 0.1) is 0 Å². The number of carboxylic acids is 2. The van der Waals surface area contributed by atoms with Crippen molar-refractivity contribution >= 4 is 85.1 Å². The number of anilines is 4. The van der Waals surface area contributed by atoms with Gasteiger partial charge in [0.15, 0.2) is 11.5 Å². The van der Waals surface area contributed by atoms with Crippen molar-refractivity contribution in [2.24, 2.45) is 0 Å². The number of carboxylic acid groups (broad SMARTS) is 2. The molecule has 2 amide bonds. The summed E-state index contributed by atoms with van der Waals surface area (Å²) in [4.78, 5) is 65.4. The van der Waals surface area contributed by atoms with Gasteiger partial charge >= 0.3 is 37.7 Å². The van der Waals surface area contributed by atoms with Gasteiger partial charge in [-0.15, -0.1) is 0 Å². The first-order valence-electron chi connectivity index (χ1n) is 10.1. The Kier molecular flexibility index (Phi) is 21.2. The van der Waals surface area contributed by atoms with Gasteiger partial charge < -0.3 is 73.8 Å². The number of nitrogens with zero attached hydrogens (tertiary/aromatic N) is 2. The zero-order valence-corrected chi connectivity index (χ0v) is 23.1. The summed E-state index contributed by atoms with van der Waals surface area (Å²) in [7, 11) is 0. The summed E-state index contributed by atoms with van der Waals surface area (Å²) in [5, 5.41) is 29.9. The van der Waals surface area contributed by atoms with E-state index in [9.17, 15) is 34.2 Å². The van der Waals surface area contributed by atoms with Gasteiger partial charge in [0.2, 0.25) is 12.4 Å². The Labute approximate surface area is 255 Å². The fourth-order valence-corrected chi connectivity index (χ4v) is 3.38. The second kappa shape index (κ2) is 19.5. The van der Waals surface area contributed by atoms with Gasteiger partial charge in [0.1, 0.15) is 0 Å². The molecule has 1 aromatic heterocycles. The summed E-state index contributed by atoms with van der Waals surface area (Å²) in [6.07, 6.45) is -0.386. The van der Waals surface area contributed by atoms with Crippen LogP contribution in [-0.2, 0) is 14.4 Å². The number of aliphatic carboxylic acids is 2. The van der Waals surface area contributed by atoms with Gasteiger partial charge in [0.25, 0.3) is 11.5 Å². The molecule has 1 unspecified atom stereocenters. The van der Waals surface area contributed by atoms with Crippen LogP contribution in [0.3, 0.4) is 0 Å². The number of nitrogens with one attached hydrogen (secondary N) is 4. The normalized spacial score (nSPS) is 13.1. The summed E-state index contributed by atoms with van der Waals surface area (Å²) < 4.78 is 0. The van der Waals surface area contributed by atoms with E-state index in [1.807, 2.05) is 0 Å². The maximum Gasteiger partial charge on any atom is 2.00 e. The molecule has 0 bridgehead atoms. The Hall–Kier alpha value is -3.56. The minimum absolute atomic E-state index is 0. The van der Waals surface area contributed by atoms with E-state index in [2.05, 4.69) is 25.9 Å². The van der Waals surface area contributed by atoms with Crippen molar-refractivity contribution in [1.29, 1.82) is 0 Å². The molecule has 220 valence electrons. The fraction of sp³-hybridized carbons (Fsp3) is 0.300. The molecule has 0 spiro atoms. The van der Waals surface area contributed by atoms with Crippen LogP contribution in [0.2, 0.25) is 0 Å². The van der Waals surface area contributed by atoms with Gasteiger partial charge in [-0.05, 0) is 37.1 Å². The summed E-state index contributed by atoms with van der Waals surface area (Å²) in [5.74, 6) is -3.63. The Morgan fingerprint density at radius 1 is 1.12 bits per heavy atom. The number of rotatable bonds is 10. The van der Waals surface area contributed by atoms with Crippen molar-refractivity contribution in [2.45, 2.75) is 24.9 Å². The molecule has 0 saturated carbocycles. The van der Waals surface area contributed by atoms with Crippen LogP contribution >= 0.6 is 0 Å². The second-order valence-corrected chi connectivity index (χ2v) is 7.41. The van der Waals surface area contributed by atoms with Crippen LogP contribution in [-0.4, -0.2) is 125 Å². The second-order valence-electron chi connectivity index (χ2n) is 7.41. The summed E-state index contributed by atoms with van der Waals surface area (Å²) in [5.41, 5.74) is 5.75. The predicted octanol–water partition coefficient (Wildman–Crippen LogP) is -7.90. The molecule has 1 aliphatic rings. The fourth-order valence-electron chi connectivity index (χ4n) is 3.38. The van der Waals surface area contributed by atoms with Gasteiger partial charge in [-0.25, -0.2) is 0 Å². The number of carbonyl (C=O) groups is 4. The van der Waals surface area contributed by atoms with E-state index in [0.29, 0.717) is 18.6 Å². The number of hydrogen-bond donors (Lipinski definition) is 5. The van der Waals surface area contributed by atoms with E-state index >= 15 is 0 Å². The molecule has 0 saturated heterocycles. The number of aromatic nitrogens is 2. The molecule has 16 N–H and O–H groups in total. The van der Waals surface area contributed by atoms with E-state index in [0.717, 1.165) is 0 Å². The maximum absolute atomic E-state index is 12.3. The van der Waals surface area contributed by atoms with Crippen molar-refractivity contribution in [3.05, 3.63) is 40.2 Å². The topological polar surface area (TPSA) is 383 Å². The third-order valence-electron chi connectivity index (χ3n) is 5.10. The predicted molar refractivity (Wildman–Crippen MR) is 139 cm³/mol. The molecule has 2 heterocycles. The van der Waals surface area contributed by atoms with E-state index in [1.54, 1.807) is 12.1 Å². The standard InChI is InChI=1S/C20H23N7O7.Ca.5H2O/c21-20-25-16-15(18(32)26-20)27(9-28)12(8-23-16)7-22-11-3-1-10(2-4-11)17(31)24-13(19(33)34)5-6-14(29)30;;;;;;/h1-4,9,12-13,22H,5-8H2,(H,24,31)(H,29,30)(H,33,34)(H4,21,23,25,26,32);;5*1H2/q;+2;;;;;/p-2/t12?,13-;;;;;;/m1....../s1. The van der Waals surface area contributed by atoms with Crippen LogP contribution in [0.15, 0.2) is 29.1 Å². The zero-order valence-electron chi connectivity index (χ0n) is 20.9. The zero-order chi connectivity index (χ0) is 24.8. The van der Waals surface area contributed by atoms with Crippen LogP contribution in [0.1, 0.15) is 23.2 Å². The number of carbonyl (C=O) groups excluding carboxylic acids is 4. The first-order chi connectivity index (χ1) is 16.2. The van der Waals surface area contributed by atoms with Gasteiger partial charge in [-0.2, -0.15) is 4.98 Å². The van der Waals surface area contributed by atoms with Crippen LogP contribution in [0.25, 0.3) is 0 Å². The molecule has 1 aromatic carbocycles. The molecule has 3 rings (SSSR count). The number of nitrogens with two attached hydrogens (primary N) is 1. The minimum Gasteiger partial charge on any atom is -0.550 e. The molecule has 0 fully saturated rings. The number of aromatic amines is 1. The van der Waals surface area contributed by atoms with E-state index in [1.165, 1.54) is 17.0 Å². The average Bonchev–Trinajstić information content (AvgIpc) is 2.79. The SMILES string of the molecule is Nc1nc2c(c(=O)[nH]1)N(C=O)C(CNc1ccc(C(=O)N[C@H](CCC(=O)[O-])C(=O)[O-])cc1)CN2.O.O.O.O.O.[Ca+2]. The van der Waals surface area contributed by atoms with Crippen LogP contribution in [0.5, 0.6) is 0 Å². The molecule has 2 aromatic rings.